The lowest BCUT2D eigenvalue weighted by atomic mass is 10.1. The molecule has 0 aromatic heterocycles. The van der Waals surface area contributed by atoms with Crippen LogP contribution in [0.1, 0.15) is 6.92 Å². The van der Waals surface area contributed by atoms with E-state index in [1.165, 1.54) is 13.0 Å². The van der Waals surface area contributed by atoms with Crippen LogP contribution in [0.3, 0.4) is 0 Å². The third-order valence-corrected chi connectivity index (χ3v) is 1.79. The predicted octanol–water partition coefficient (Wildman–Crippen LogP) is -0.853. The van der Waals surface area contributed by atoms with Crippen molar-refractivity contribution in [1.29, 1.82) is 0 Å². The second-order valence-corrected chi connectivity index (χ2v) is 2.95. The van der Waals surface area contributed by atoms with Crippen LogP contribution < -0.4 is 5.32 Å². The summed E-state index contributed by atoms with van der Waals surface area (Å²) in [4.78, 5) is 31.7. The third kappa shape index (κ3) is 3.41. The molecule has 0 radical (unpaired) electrons. The summed E-state index contributed by atoms with van der Waals surface area (Å²) in [6, 6.07) is 0. The van der Waals surface area contributed by atoms with E-state index in [1.54, 1.807) is 0 Å². The first-order chi connectivity index (χ1) is 7.13. The normalized spacial score (nSPS) is 16.3. The van der Waals surface area contributed by atoms with E-state index < -0.39 is 18.0 Å². The molecule has 0 aliphatic carbocycles. The summed E-state index contributed by atoms with van der Waals surface area (Å²) in [6.45, 7) is 1.48. The van der Waals surface area contributed by atoms with E-state index in [0.717, 1.165) is 0 Å². The Morgan fingerprint density at radius 1 is 1.80 bits per heavy atom. The van der Waals surface area contributed by atoms with Gasteiger partial charge in [0.1, 0.15) is 12.7 Å². The van der Waals surface area contributed by atoms with Crippen molar-refractivity contribution in [2.75, 3.05) is 13.2 Å². The quantitative estimate of drug-likeness (QED) is 0.475. The predicted molar refractivity (Wildman–Crippen MR) is 48.7 cm³/mol. The Hall–Kier alpha value is -1.85. The molecular weight excluding hydrogens is 202 g/mol. The van der Waals surface area contributed by atoms with E-state index in [-0.39, 0.29) is 13.2 Å². The number of ether oxygens (including phenoxy) is 2. The van der Waals surface area contributed by atoms with Gasteiger partial charge in [0.15, 0.2) is 0 Å². The van der Waals surface area contributed by atoms with E-state index in [4.69, 9.17) is 4.74 Å². The number of hydrogen-bond acceptors (Lipinski definition) is 5. The number of esters is 2. The highest BCUT2D eigenvalue weighted by atomic mass is 16.6. The van der Waals surface area contributed by atoms with Crippen molar-refractivity contribution < 1.29 is 23.9 Å². The minimum Gasteiger partial charge on any atom is -0.458 e. The Balaban J connectivity index is 2.62. The topological polar surface area (TPSA) is 81.7 Å². The van der Waals surface area contributed by atoms with Gasteiger partial charge in [-0.3, -0.25) is 9.59 Å². The SMILES string of the molecule is CC(=O)O[C@H](CNC=O)C1=CC(=O)OC1. The van der Waals surface area contributed by atoms with Gasteiger partial charge in [0.25, 0.3) is 0 Å². The van der Waals surface area contributed by atoms with Crippen LogP contribution in [0.15, 0.2) is 11.6 Å². The molecule has 6 nitrogen and oxygen atoms in total. The molecule has 0 saturated carbocycles. The molecule has 1 aliphatic heterocycles. The number of nitrogens with one attached hydrogen (secondary N) is 1. The average molecular weight is 213 g/mol. The van der Waals surface area contributed by atoms with E-state index in [2.05, 4.69) is 10.1 Å². The van der Waals surface area contributed by atoms with Crippen molar-refractivity contribution in [3.05, 3.63) is 11.6 Å². The fourth-order valence-electron chi connectivity index (χ4n) is 1.18. The van der Waals surface area contributed by atoms with Gasteiger partial charge in [-0.1, -0.05) is 0 Å². The number of cyclic esters (lactones) is 1. The second kappa shape index (κ2) is 5.14. The first kappa shape index (κ1) is 11.2. The molecule has 1 N–H and O–H groups in total. The van der Waals surface area contributed by atoms with Crippen LogP contribution in [0.4, 0.5) is 0 Å². The van der Waals surface area contributed by atoms with Crippen LogP contribution >= 0.6 is 0 Å². The van der Waals surface area contributed by atoms with Crippen LogP contribution in [0.5, 0.6) is 0 Å². The number of rotatable bonds is 5. The zero-order valence-electron chi connectivity index (χ0n) is 8.19. The zero-order chi connectivity index (χ0) is 11.3. The van der Waals surface area contributed by atoms with Crippen LogP contribution in [-0.4, -0.2) is 37.6 Å². The number of hydrogen-bond donors (Lipinski definition) is 1. The van der Waals surface area contributed by atoms with E-state index in [0.29, 0.717) is 12.0 Å². The smallest absolute Gasteiger partial charge is 0.331 e. The van der Waals surface area contributed by atoms with Crippen molar-refractivity contribution in [2.45, 2.75) is 13.0 Å². The molecule has 6 heteroatoms. The number of carbonyl (C=O) groups is 3. The van der Waals surface area contributed by atoms with E-state index in [1.807, 2.05) is 0 Å². The first-order valence-corrected chi connectivity index (χ1v) is 4.35. The Kier molecular flexibility index (Phi) is 3.84. The standard InChI is InChI=1S/C9H11NO5/c1-6(12)15-8(3-10-5-11)7-2-9(13)14-4-7/h2,5,8H,3-4H2,1H3,(H,10,11)/t8-/m1/s1. The Morgan fingerprint density at radius 3 is 3.00 bits per heavy atom. The lowest BCUT2D eigenvalue weighted by Gasteiger charge is -2.16. The number of carbonyl (C=O) groups excluding carboxylic acids is 3. The third-order valence-electron chi connectivity index (χ3n) is 1.79. The second-order valence-electron chi connectivity index (χ2n) is 2.95. The summed E-state index contributed by atoms with van der Waals surface area (Å²) in [7, 11) is 0. The Labute approximate surface area is 86.2 Å². The molecule has 1 atom stereocenters. The number of amides is 1. The van der Waals surface area contributed by atoms with Crippen molar-refractivity contribution in [1.82, 2.24) is 5.32 Å². The fourth-order valence-corrected chi connectivity index (χ4v) is 1.18. The summed E-state index contributed by atoms with van der Waals surface area (Å²) in [5.74, 6) is -0.943. The fraction of sp³-hybridized carbons (Fsp3) is 0.444. The highest BCUT2D eigenvalue weighted by Gasteiger charge is 2.23. The maximum Gasteiger partial charge on any atom is 0.331 e. The zero-order valence-corrected chi connectivity index (χ0v) is 8.19. The molecular formula is C9H11NO5. The van der Waals surface area contributed by atoms with Gasteiger partial charge in [0.2, 0.25) is 6.41 Å². The van der Waals surface area contributed by atoms with E-state index >= 15 is 0 Å². The molecule has 0 bridgehead atoms. The Bertz CT molecular complexity index is 310. The van der Waals surface area contributed by atoms with Crippen molar-refractivity contribution >= 4 is 18.3 Å². The lowest BCUT2D eigenvalue weighted by molar-refractivity contribution is -0.144. The lowest BCUT2D eigenvalue weighted by Crippen LogP contribution is -2.32. The van der Waals surface area contributed by atoms with Crippen molar-refractivity contribution in [2.24, 2.45) is 0 Å². The Morgan fingerprint density at radius 2 is 2.53 bits per heavy atom. The van der Waals surface area contributed by atoms with Gasteiger partial charge in [-0.15, -0.1) is 0 Å². The van der Waals surface area contributed by atoms with Crippen molar-refractivity contribution in [3.63, 3.8) is 0 Å². The van der Waals surface area contributed by atoms with Crippen molar-refractivity contribution in [3.8, 4) is 0 Å². The molecule has 0 aromatic carbocycles. The summed E-state index contributed by atoms with van der Waals surface area (Å²) >= 11 is 0. The molecule has 1 amide bonds. The van der Waals surface area contributed by atoms with Gasteiger partial charge in [0.05, 0.1) is 6.54 Å². The van der Waals surface area contributed by atoms with Gasteiger partial charge in [-0.25, -0.2) is 4.79 Å². The van der Waals surface area contributed by atoms with Gasteiger partial charge >= 0.3 is 11.9 Å². The molecule has 82 valence electrons. The molecule has 0 aromatic rings. The van der Waals surface area contributed by atoms with Crippen LogP contribution in [0.25, 0.3) is 0 Å². The van der Waals surface area contributed by atoms with Gasteiger partial charge in [-0.2, -0.15) is 0 Å². The van der Waals surface area contributed by atoms with Crippen LogP contribution in [0.2, 0.25) is 0 Å². The van der Waals surface area contributed by atoms with Gasteiger partial charge in [0, 0.05) is 18.6 Å². The highest BCUT2D eigenvalue weighted by Crippen LogP contribution is 2.13. The summed E-state index contributed by atoms with van der Waals surface area (Å²) in [6.07, 6.45) is 1.12. The van der Waals surface area contributed by atoms with E-state index in [9.17, 15) is 14.4 Å². The monoisotopic (exact) mass is 213 g/mol. The molecule has 0 spiro atoms. The average Bonchev–Trinajstić information content (AvgIpc) is 2.58. The molecule has 15 heavy (non-hydrogen) atoms. The summed E-state index contributed by atoms with van der Waals surface area (Å²) < 4.78 is 9.59. The highest BCUT2D eigenvalue weighted by molar-refractivity contribution is 5.85. The molecule has 0 saturated heterocycles. The maximum absolute atomic E-state index is 10.8. The van der Waals surface area contributed by atoms with Crippen LogP contribution in [0, 0.1) is 0 Å². The summed E-state index contributed by atoms with van der Waals surface area (Å²) in [5, 5.41) is 2.38. The molecule has 1 heterocycles. The summed E-state index contributed by atoms with van der Waals surface area (Å²) in [5.41, 5.74) is 0.546. The first-order valence-electron chi connectivity index (χ1n) is 4.35. The van der Waals surface area contributed by atoms with Gasteiger partial charge < -0.3 is 14.8 Å². The molecule has 0 fully saturated rings. The molecule has 1 aliphatic rings. The minimum atomic E-state index is -0.640. The van der Waals surface area contributed by atoms with Gasteiger partial charge in [-0.05, 0) is 0 Å². The minimum absolute atomic E-state index is 0.0946. The molecule has 0 unspecified atom stereocenters. The largest absolute Gasteiger partial charge is 0.458 e. The molecule has 1 rings (SSSR count). The maximum atomic E-state index is 10.8. The van der Waals surface area contributed by atoms with Crippen LogP contribution in [-0.2, 0) is 23.9 Å².